The number of rotatable bonds is 6. The summed E-state index contributed by atoms with van der Waals surface area (Å²) < 4.78 is 10.3. The van der Waals surface area contributed by atoms with Crippen molar-refractivity contribution in [2.45, 2.75) is 13.3 Å². The van der Waals surface area contributed by atoms with E-state index in [9.17, 15) is 14.4 Å². The topological polar surface area (TPSA) is 84.9 Å². The second kappa shape index (κ2) is 8.56. The van der Waals surface area contributed by atoms with Crippen LogP contribution in [0.15, 0.2) is 48.5 Å². The molecule has 1 fully saturated rings. The van der Waals surface area contributed by atoms with E-state index in [2.05, 4.69) is 5.32 Å². The molecule has 0 aliphatic carbocycles. The first kappa shape index (κ1) is 19.4. The van der Waals surface area contributed by atoms with Gasteiger partial charge in [-0.25, -0.2) is 4.79 Å². The third-order valence-corrected chi connectivity index (χ3v) is 4.54. The quantitative estimate of drug-likeness (QED) is 0.777. The normalized spacial score (nSPS) is 16.0. The molecule has 2 aromatic rings. The fourth-order valence-electron chi connectivity index (χ4n) is 3.19. The number of para-hydroxylation sites is 3. The van der Waals surface area contributed by atoms with E-state index in [4.69, 9.17) is 9.47 Å². The zero-order valence-electron chi connectivity index (χ0n) is 15.8. The minimum absolute atomic E-state index is 0.0676. The summed E-state index contributed by atoms with van der Waals surface area (Å²) in [4.78, 5) is 38.7. The second-order valence-electron chi connectivity index (χ2n) is 6.33. The lowest BCUT2D eigenvalue weighted by atomic mass is 10.1. The Labute approximate surface area is 163 Å². The van der Waals surface area contributed by atoms with Crippen LogP contribution in [0.25, 0.3) is 0 Å². The minimum atomic E-state index is -0.534. The average Bonchev–Trinajstić information content (AvgIpc) is 3.10. The molecule has 2 aromatic carbocycles. The molecular weight excluding hydrogens is 360 g/mol. The van der Waals surface area contributed by atoms with Crippen LogP contribution in [0, 0.1) is 5.92 Å². The van der Waals surface area contributed by atoms with Crippen LogP contribution >= 0.6 is 0 Å². The van der Waals surface area contributed by atoms with Gasteiger partial charge in [-0.15, -0.1) is 0 Å². The van der Waals surface area contributed by atoms with E-state index in [1.165, 1.54) is 12.0 Å². The number of hydrogen-bond acceptors (Lipinski definition) is 5. The summed E-state index contributed by atoms with van der Waals surface area (Å²) in [5.74, 6) is -0.960. The molecule has 7 nitrogen and oxygen atoms in total. The van der Waals surface area contributed by atoms with Crippen molar-refractivity contribution >= 4 is 29.2 Å². The lowest BCUT2D eigenvalue weighted by molar-refractivity contribution is -0.122. The van der Waals surface area contributed by atoms with Crippen LogP contribution in [0.5, 0.6) is 5.75 Å². The van der Waals surface area contributed by atoms with Gasteiger partial charge in [-0.3, -0.25) is 9.59 Å². The van der Waals surface area contributed by atoms with Crippen molar-refractivity contribution in [2.75, 3.05) is 30.5 Å². The molecular formula is C21H22N2O5. The molecule has 1 N–H and O–H groups in total. The maximum absolute atomic E-state index is 12.7. The molecule has 1 aliphatic heterocycles. The third-order valence-electron chi connectivity index (χ3n) is 4.54. The summed E-state index contributed by atoms with van der Waals surface area (Å²) in [5, 5.41) is 2.84. The number of benzene rings is 2. The van der Waals surface area contributed by atoms with Gasteiger partial charge in [0, 0.05) is 13.0 Å². The number of nitrogens with one attached hydrogen (secondary N) is 1. The SMILES string of the molecule is CCOc1ccccc1NC(=O)C1CC(=O)N(c2ccccc2C(=O)OC)C1. The zero-order chi connectivity index (χ0) is 20.1. The highest BCUT2D eigenvalue weighted by molar-refractivity contribution is 6.07. The fourth-order valence-corrected chi connectivity index (χ4v) is 3.19. The second-order valence-corrected chi connectivity index (χ2v) is 6.33. The third kappa shape index (κ3) is 3.98. The maximum atomic E-state index is 12.7. The smallest absolute Gasteiger partial charge is 0.339 e. The minimum Gasteiger partial charge on any atom is -0.492 e. The number of nitrogens with zero attached hydrogens (tertiary/aromatic N) is 1. The van der Waals surface area contributed by atoms with E-state index in [1.807, 2.05) is 13.0 Å². The Hall–Kier alpha value is -3.35. The summed E-state index contributed by atoms with van der Waals surface area (Å²) >= 11 is 0. The van der Waals surface area contributed by atoms with Gasteiger partial charge in [0.05, 0.1) is 36.6 Å². The number of methoxy groups -OCH3 is 1. The molecule has 146 valence electrons. The molecule has 1 unspecified atom stereocenters. The Morgan fingerprint density at radius 2 is 1.86 bits per heavy atom. The van der Waals surface area contributed by atoms with E-state index in [1.54, 1.807) is 42.5 Å². The first-order valence-corrected chi connectivity index (χ1v) is 9.05. The van der Waals surface area contributed by atoms with Crippen LogP contribution < -0.4 is 15.0 Å². The molecule has 0 spiro atoms. The van der Waals surface area contributed by atoms with Crippen molar-refractivity contribution in [2.24, 2.45) is 5.92 Å². The van der Waals surface area contributed by atoms with E-state index < -0.39 is 11.9 Å². The van der Waals surface area contributed by atoms with E-state index >= 15 is 0 Å². The van der Waals surface area contributed by atoms with Crippen LogP contribution in [0.3, 0.4) is 0 Å². The summed E-state index contributed by atoms with van der Waals surface area (Å²) in [6.07, 6.45) is 0.0676. The first-order valence-electron chi connectivity index (χ1n) is 9.05. The molecule has 0 bridgehead atoms. The molecule has 1 saturated heterocycles. The summed E-state index contributed by atoms with van der Waals surface area (Å²) in [6, 6.07) is 13.9. The standard InChI is InChI=1S/C21H22N2O5/c1-3-28-18-11-7-5-9-16(18)22-20(25)14-12-19(24)23(13-14)17-10-6-4-8-15(17)21(26)27-2/h4-11,14H,3,12-13H2,1-2H3,(H,22,25). The van der Waals surface area contributed by atoms with Crippen molar-refractivity contribution in [3.8, 4) is 5.75 Å². The van der Waals surface area contributed by atoms with Gasteiger partial charge < -0.3 is 19.7 Å². The van der Waals surface area contributed by atoms with Gasteiger partial charge in [0.25, 0.3) is 0 Å². The van der Waals surface area contributed by atoms with Crippen molar-refractivity contribution < 1.29 is 23.9 Å². The molecule has 28 heavy (non-hydrogen) atoms. The van der Waals surface area contributed by atoms with Gasteiger partial charge in [-0.05, 0) is 31.2 Å². The summed E-state index contributed by atoms with van der Waals surface area (Å²) in [5.41, 5.74) is 1.31. The Morgan fingerprint density at radius 3 is 2.61 bits per heavy atom. The van der Waals surface area contributed by atoms with E-state index in [-0.39, 0.29) is 24.8 Å². The van der Waals surface area contributed by atoms with Crippen LogP contribution in [-0.2, 0) is 14.3 Å². The molecule has 7 heteroatoms. The molecule has 3 rings (SSSR count). The number of hydrogen-bond donors (Lipinski definition) is 1. The van der Waals surface area contributed by atoms with Crippen LogP contribution in [0.2, 0.25) is 0 Å². The van der Waals surface area contributed by atoms with Gasteiger partial charge in [0.15, 0.2) is 0 Å². The summed E-state index contributed by atoms with van der Waals surface area (Å²) in [7, 11) is 1.29. The van der Waals surface area contributed by atoms with Crippen LogP contribution in [-0.4, -0.2) is 38.0 Å². The fraction of sp³-hybridized carbons (Fsp3) is 0.286. The monoisotopic (exact) mass is 382 g/mol. The van der Waals surface area contributed by atoms with E-state index in [0.29, 0.717) is 29.3 Å². The lowest BCUT2D eigenvalue weighted by Crippen LogP contribution is -2.29. The van der Waals surface area contributed by atoms with Gasteiger partial charge in [-0.2, -0.15) is 0 Å². The highest BCUT2D eigenvalue weighted by atomic mass is 16.5. The van der Waals surface area contributed by atoms with Crippen molar-refractivity contribution in [3.63, 3.8) is 0 Å². The Balaban J connectivity index is 1.77. The van der Waals surface area contributed by atoms with Crippen molar-refractivity contribution in [1.82, 2.24) is 0 Å². The predicted molar refractivity (Wildman–Crippen MR) is 104 cm³/mol. The molecule has 0 saturated carbocycles. The number of esters is 1. The lowest BCUT2D eigenvalue weighted by Gasteiger charge is -2.19. The largest absolute Gasteiger partial charge is 0.492 e. The Morgan fingerprint density at radius 1 is 1.14 bits per heavy atom. The average molecular weight is 382 g/mol. The molecule has 1 atom stereocenters. The molecule has 1 aliphatic rings. The number of amides is 2. The highest BCUT2D eigenvalue weighted by Crippen LogP contribution is 2.30. The van der Waals surface area contributed by atoms with Gasteiger partial charge in [0.2, 0.25) is 11.8 Å². The van der Waals surface area contributed by atoms with Crippen LogP contribution in [0.1, 0.15) is 23.7 Å². The Kier molecular flexibility index (Phi) is 5.93. The maximum Gasteiger partial charge on any atom is 0.339 e. The van der Waals surface area contributed by atoms with Crippen molar-refractivity contribution in [3.05, 3.63) is 54.1 Å². The number of ether oxygens (including phenoxy) is 2. The number of carbonyl (C=O) groups excluding carboxylic acids is 3. The highest BCUT2D eigenvalue weighted by Gasteiger charge is 2.36. The zero-order valence-corrected chi connectivity index (χ0v) is 15.8. The van der Waals surface area contributed by atoms with Gasteiger partial charge in [0.1, 0.15) is 5.75 Å². The van der Waals surface area contributed by atoms with Gasteiger partial charge in [-0.1, -0.05) is 24.3 Å². The summed E-state index contributed by atoms with van der Waals surface area (Å²) in [6.45, 7) is 2.53. The predicted octanol–water partition coefficient (Wildman–Crippen LogP) is 2.86. The molecule has 1 heterocycles. The number of anilines is 2. The van der Waals surface area contributed by atoms with Crippen molar-refractivity contribution in [1.29, 1.82) is 0 Å². The number of carbonyl (C=O) groups is 3. The molecule has 0 aromatic heterocycles. The van der Waals surface area contributed by atoms with Crippen LogP contribution in [0.4, 0.5) is 11.4 Å². The molecule has 0 radical (unpaired) electrons. The first-order chi connectivity index (χ1) is 13.5. The Bertz CT molecular complexity index is 896. The molecule has 2 amide bonds. The van der Waals surface area contributed by atoms with E-state index in [0.717, 1.165) is 0 Å². The van der Waals surface area contributed by atoms with Gasteiger partial charge >= 0.3 is 5.97 Å².